The minimum Gasteiger partial charge on any atom is -0.336 e. The summed E-state index contributed by atoms with van der Waals surface area (Å²) in [4.78, 5) is 14.6. The van der Waals surface area contributed by atoms with Crippen molar-refractivity contribution in [2.45, 2.75) is 45.0 Å². The Hall–Kier alpha value is -1.02. The van der Waals surface area contributed by atoms with E-state index in [-0.39, 0.29) is 5.91 Å². The summed E-state index contributed by atoms with van der Waals surface area (Å²) in [7, 11) is 0. The number of benzene rings is 1. The number of alkyl halides is 1. The van der Waals surface area contributed by atoms with Gasteiger partial charge in [0.1, 0.15) is 0 Å². The number of rotatable bonds is 6. The lowest BCUT2D eigenvalue weighted by atomic mass is 10.1. The number of carbonyl (C=O) groups is 1. The predicted molar refractivity (Wildman–Crippen MR) is 79.5 cm³/mol. The summed E-state index contributed by atoms with van der Waals surface area (Å²) in [5.41, 5.74) is 1.84. The second-order valence-electron chi connectivity index (χ2n) is 5.74. The molecule has 1 aromatic rings. The van der Waals surface area contributed by atoms with Gasteiger partial charge in [0.2, 0.25) is 0 Å². The molecule has 1 aliphatic carbocycles. The lowest BCUT2D eigenvalue weighted by Gasteiger charge is -2.23. The van der Waals surface area contributed by atoms with Crippen LogP contribution < -0.4 is 0 Å². The van der Waals surface area contributed by atoms with E-state index in [4.69, 9.17) is 11.6 Å². The minimum absolute atomic E-state index is 0.171. The molecule has 0 unspecified atom stereocenters. The molecule has 1 aliphatic rings. The molecule has 0 heterocycles. The van der Waals surface area contributed by atoms with Gasteiger partial charge in [0.15, 0.2) is 0 Å². The van der Waals surface area contributed by atoms with E-state index in [1.165, 1.54) is 0 Å². The number of amides is 1. The largest absolute Gasteiger partial charge is 0.336 e. The maximum absolute atomic E-state index is 12.5. The van der Waals surface area contributed by atoms with Gasteiger partial charge in [-0.05, 0) is 42.9 Å². The summed E-state index contributed by atoms with van der Waals surface area (Å²) in [6, 6.07) is 8.14. The highest BCUT2D eigenvalue weighted by atomic mass is 35.5. The molecule has 1 amide bonds. The third kappa shape index (κ3) is 3.97. The second kappa shape index (κ2) is 6.42. The van der Waals surface area contributed by atoms with E-state index in [0.29, 0.717) is 17.8 Å². The fourth-order valence-corrected chi connectivity index (χ4v) is 2.31. The molecule has 3 heteroatoms. The maximum Gasteiger partial charge on any atom is 0.254 e. The van der Waals surface area contributed by atoms with Gasteiger partial charge in [0, 0.05) is 24.0 Å². The summed E-state index contributed by atoms with van der Waals surface area (Å²) < 4.78 is 0. The third-order valence-electron chi connectivity index (χ3n) is 3.55. The molecular formula is C16H22ClNO. The van der Waals surface area contributed by atoms with Crippen molar-refractivity contribution >= 4 is 17.5 Å². The Morgan fingerprint density at radius 1 is 1.32 bits per heavy atom. The normalized spacial score (nSPS) is 14.7. The van der Waals surface area contributed by atoms with Gasteiger partial charge in [-0.2, -0.15) is 0 Å². The Balaban J connectivity index is 2.05. The molecule has 0 N–H and O–H groups in total. The van der Waals surface area contributed by atoms with Crippen LogP contribution in [0.2, 0.25) is 0 Å². The van der Waals surface area contributed by atoms with Crippen LogP contribution in [0.25, 0.3) is 0 Å². The first-order chi connectivity index (χ1) is 9.11. The number of hydrogen-bond acceptors (Lipinski definition) is 1. The van der Waals surface area contributed by atoms with Gasteiger partial charge in [-0.25, -0.2) is 0 Å². The molecule has 0 bridgehead atoms. The average molecular weight is 280 g/mol. The molecule has 19 heavy (non-hydrogen) atoms. The summed E-state index contributed by atoms with van der Waals surface area (Å²) in [5, 5.41) is 0. The quantitative estimate of drug-likeness (QED) is 0.719. The average Bonchev–Trinajstić information content (AvgIpc) is 3.23. The van der Waals surface area contributed by atoms with Crippen LogP contribution in [0.4, 0.5) is 0 Å². The molecule has 1 saturated carbocycles. The van der Waals surface area contributed by atoms with E-state index >= 15 is 0 Å². The van der Waals surface area contributed by atoms with Crippen molar-refractivity contribution in [1.82, 2.24) is 4.90 Å². The predicted octanol–water partition coefficient (Wildman–Crippen LogP) is 4.08. The maximum atomic E-state index is 12.5. The minimum atomic E-state index is 0.171. The van der Waals surface area contributed by atoms with Gasteiger partial charge < -0.3 is 4.90 Å². The van der Waals surface area contributed by atoms with Crippen molar-refractivity contribution in [3.8, 4) is 0 Å². The zero-order valence-electron chi connectivity index (χ0n) is 11.7. The smallest absolute Gasteiger partial charge is 0.254 e. The van der Waals surface area contributed by atoms with Crippen molar-refractivity contribution < 1.29 is 4.79 Å². The summed E-state index contributed by atoms with van der Waals surface area (Å²) in [6.07, 6.45) is 3.38. The number of halogens is 1. The zero-order valence-corrected chi connectivity index (χ0v) is 12.5. The molecule has 0 radical (unpaired) electrons. The molecule has 0 aromatic heterocycles. The Morgan fingerprint density at radius 3 is 2.42 bits per heavy atom. The number of hydrogen-bond donors (Lipinski definition) is 0. The van der Waals surface area contributed by atoms with Crippen LogP contribution in [0.3, 0.4) is 0 Å². The highest BCUT2D eigenvalue weighted by molar-refractivity contribution is 6.17. The molecule has 2 rings (SSSR count). The standard InChI is InChI=1S/C16H22ClNO/c1-12(2)9-10-18(15-7-8-15)16(19)14-5-3-13(11-17)4-6-14/h3-6,12,15H,7-11H2,1-2H3. The fourth-order valence-electron chi connectivity index (χ4n) is 2.14. The van der Waals surface area contributed by atoms with Crippen molar-refractivity contribution in [2.75, 3.05) is 6.54 Å². The Kier molecular flexibility index (Phi) is 4.87. The van der Waals surface area contributed by atoms with Crippen LogP contribution >= 0.6 is 11.6 Å². The van der Waals surface area contributed by atoms with Gasteiger partial charge in [0.25, 0.3) is 5.91 Å². The Morgan fingerprint density at radius 2 is 1.95 bits per heavy atom. The van der Waals surface area contributed by atoms with Gasteiger partial charge in [0.05, 0.1) is 0 Å². The van der Waals surface area contributed by atoms with Crippen LogP contribution in [-0.4, -0.2) is 23.4 Å². The first-order valence-electron chi connectivity index (χ1n) is 7.07. The molecule has 0 atom stereocenters. The Bertz CT molecular complexity index is 423. The van der Waals surface area contributed by atoms with E-state index in [2.05, 4.69) is 18.7 Å². The second-order valence-corrected chi connectivity index (χ2v) is 6.01. The van der Waals surface area contributed by atoms with Crippen molar-refractivity contribution in [2.24, 2.45) is 5.92 Å². The van der Waals surface area contributed by atoms with Crippen molar-refractivity contribution in [3.05, 3.63) is 35.4 Å². The summed E-state index contributed by atoms with van der Waals surface area (Å²) in [5.74, 6) is 1.30. The van der Waals surface area contributed by atoms with E-state index < -0.39 is 0 Å². The molecule has 1 fully saturated rings. The molecular weight excluding hydrogens is 258 g/mol. The third-order valence-corrected chi connectivity index (χ3v) is 3.86. The highest BCUT2D eigenvalue weighted by Crippen LogP contribution is 2.29. The molecule has 0 saturated heterocycles. The van der Waals surface area contributed by atoms with E-state index in [9.17, 15) is 4.79 Å². The van der Waals surface area contributed by atoms with E-state index in [0.717, 1.165) is 36.9 Å². The van der Waals surface area contributed by atoms with Gasteiger partial charge >= 0.3 is 0 Å². The molecule has 1 aromatic carbocycles. The van der Waals surface area contributed by atoms with Crippen LogP contribution in [0.1, 0.15) is 49.0 Å². The number of carbonyl (C=O) groups excluding carboxylic acids is 1. The first-order valence-corrected chi connectivity index (χ1v) is 7.61. The van der Waals surface area contributed by atoms with Crippen LogP contribution in [-0.2, 0) is 5.88 Å². The van der Waals surface area contributed by atoms with Gasteiger partial charge in [-0.1, -0.05) is 26.0 Å². The lowest BCUT2D eigenvalue weighted by molar-refractivity contribution is 0.0735. The number of nitrogens with zero attached hydrogens (tertiary/aromatic N) is 1. The highest BCUT2D eigenvalue weighted by Gasteiger charge is 2.32. The fraction of sp³-hybridized carbons (Fsp3) is 0.562. The lowest BCUT2D eigenvalue weighted by Crippen LogP contribution is -2.34. The molecule has 0 aliphatic heterocycles. The topological polar surface area (TPSA) is 20.3 Å². The summed E-state index contributed by atoms with van der Waals surface area (Å²) >= 11 is 5.77. The SMILES string of the molecule is CC(C)CCN(C(=O)c1ccc(CCl)cc1)C1CC1. The van der Waals surface area contributed by atoms with Crippen LogP contribution in [0, 0.1) is 5.92 Å². The van der Waals surface area contributed by atoms with Crippen molar-refractivity contribution in [3.63, 3.8) is 0 Å². The monoisotopic (exact) mass is 279 g/mol. The molecule has 104 valence electrons. The zero-order chi connectivity index (χ0) is 13.8. The van der Waals surface area contributed by atoms with Gasteiger partial charge in [-0.3, -0.25) is 4.79 Å². The van der Waals surface area contributed by atoms with E-state index in [1.807, 2.05) is 24.3 Å². The summed E-state index contributed by atoms with van der Waals surface area (Å²) in [6.45, 7) is 5.27. The molecule has 0 spiro atoms. The van der Waals surface area contributed by atoms with E-state index in [1.54, 1.807) is 0 Å². The first kappa shape index (κ1) is 14.4. The van der Waals surface area contributed by atoms with Gasteiger partial charge in [-0.15, -0.1) is 11.6 Å². The van der Waals surface area contributed by atoms with Crippen LogP contribution in [0.15, 0.2) is 24.3 Å². The van der Waals surface area contributed by atoms with Crippen LogP contribution in [0.5, 0.6) is 0 Å². The Labute approximate surface area is 120 Å². The van der Waals surface area contributed by atoms with Crippen molar-refractivity contribution in [1.29, 1.82) is 0 Å². The molecule has 2 nitrogen and oxygen atoms in total.